The molecule has 4 heteroatoms. The Bertz CT molecular complexity index is 287. The number of nitrogens with two attached hydrogens (primary N) is 1. The molecule has 0 aliphatic heterocycles. The highest BCUT2D eigenvalue weighted by molar-refractivity contribution is 5.25. The average molecular weight is 165 g/mol. The summed E-state index contributed by atoms with van der Waals surface area (Å²) in [5, 5.41) is 17.1. The minimum atomic E-state index is -0.211. The van der Waals surface area contributed by atoms with Gasteiger partial charge in [0.05, 0.1) is 0 Å². The second-order valence-corrected chi connectivity index (χ2v) is 2.56. The van der Waals surface area contributed by atoms with Crippen LogP contribution in [0, 0.1) is 11.3 Å². The van der Waals surface area contributed by atoms with E-state index in [1.54, 1.807) is 12.1 Å². The van der Waals surface area contributed by atoms with Crippen molar-refractivity contribution in [3.05, 3.63) is 23.5 Å². The molecule has 0 aliphatic rings. The minimum Gasteiger partial charge on any atom is -0.396 e. The van der Waals surface area contributed by atoms with Crippen molar-refractivity contribution in [1.82, 2.24) is 4.98 Å². The van der Waals surface area contributed by atoms with Gasteiger partial charge in [0.15, 0.2) is 0 Å². The molecule has 0 aromatic carbocycles. The maximum Gasteiger partial charge on any atom is 0.117 e. The zero-order valence-corrected chi connectivity index (χ0v) is 6.62. The number of hydrogen-bond acceptors (Lipinski definition) is 3. The van der Waals surface area contributed by atoms with E-state index in [1.807, 2.05) is 6.07 Å². The van der Waals surface area contributed by atoms with Gasteiger partial charge in [0.25, 0.3) is 0 Å². The van der Waals surface area contributed by atoms with Crippen molar-refractivity contribution in [3.8, 4) is 6.07 Å². The number of nitrogens with zero attached hydrogens (tertiary/aromatic N) is 1. The summed E-state index contributed by atoms with van der Waals surface area (Å²) in [5.41, 5.74) is 6.96. The normalized spacial score (nSPS) is 12.4. The van der Waals surface area contributed by atoms with E-state index in [4.69, 9.17) is 16.1 Å². The van der Waals surface area contributed by atoms with E-state index >= 15 is 0 Å². The monoisotopic (exact) mass is 165 g/mol. The van der Waals surface area contributed by atoms with Gasteiger partial charge in [-0.1, -0.05) is 0 Å². The Kier molecular flexibility index (Phi) is 2.86. The van der Waals surface area contributed by atoms with Crippen LogP contribution in [0.3, 0.4) is 0 Å². The Labute approximate surface area is 70.6 Å². The highest BCUT2D eigenvalue weighted by atomic mass is 16.3. The molecule has 0 aliphatic carbocycles. The summed E-state index contributed by atoms with van der Waals surface area (Å²) >= 11 is 0. The molecule has 0 saturated carbocycles. The highest BCUT2D eigenvalue weighted by Crippen LogP contribution is 2.12. The van der Waals surface area contributed by atoms with Crippen LogP contribution >= 0.6 is 0 Å². The molecule has 1 aromatic heterocycles. The van der Waals surface area contributed by atoms with E-state index in [9.17, 15) is 0 Å². The van der Waals surface area contributed by atoms with Gasteiger partial charge in [0, 0.05) is 18.3 Å². The predicted octanol–water partition coefficient (Wildman–Crippen LogP) is 0.269. The number of H-pyrrole nitrogens is 1. The van der Waals surface area contributed by atoms with Crippen LogP contribution in [-0.4, -0.2) is 16.7 Å². The molecule has 0 saturated heterocycles. The quantitative estimate of drug-likeness (QED) is 0.600. The van der Waals surface area contributed by atoms with Crippen molar-refractivity contribution < 1.29 is 5.11 Å². The first-order valence-electron chi connectivity index (χ1n) is 3.73. The fourth-order valence-electron chi connectivity index (χ4n) is 0.988. The van der Waals surface area contributed by atoms with Crippen LogP contribution in [0.15, 0.2) is 12.1 Å². The molecule has 0 radical (unpaired) electrons. The van der Waals surface area contributed by atoms with Crippen LogP contribution in [0.4, 0.5) is 0 Å². The van der Waals surface area contributed by atoms with E-state index in [-0.39, 0.29) is 12.6 Å². The fraction of sp³-hybridized carbons (Fsp3) is 0.375. The van der Waals surface area contributed by atoms with E-state index in [2.05, 4.69) is 4.98 Å². The Hall–Kier alpha value is -1.31. The minimum absolute atomic E-state index is 0.0576. The van der Waals surface area contributed by atoms with E-state index < -0.39 is 0 Å². The van der Waals surface area contributed by atoms with Crippen molar-refractivity contribution >= 4 is 0 Å². The maximum absolute atomic E-state index is 8.60. The topological polar surface area (TPSA) is 85.8 Å². The molecule has 1 rings (SSSR count). The van der Waals surface area contributed by atoms with Crippen LogP contribution in [0.2, 0.25) is 0 Å². The number of nitrogens with one attached hydrogen (secondary N) is 1. The second kappa shape index (κ2) is 3.90. The summed E-state index contributed by atoms with van der Waals surface area (Å²) < 4.78 is 0. The molecule has 0 bridgehead atoms. The molecule has 1 atom stereocenters. The first kappa shape index (κ1) is 8.78. The van der Waals surface area contributed by atoms with Crippen LogP contribution in [0.5, 0.6) is 0 Å². The molecular formula is C8H11N3O. The second-order valence-electron chi connectivity index (χ2n) is 2.56. The van der Waals surface area contributed by atoms with Crippen molar-refractivity contribution in [1.29, 1.82) is 5.26 Å². The highest BCUT2D eigenvalue weighted by Gasteiger charge is 2.06. The van der Waals surface area contributed by atoms with E-state index in [0.717, 1.165) is 5.69 Å². The van der Waals surface area contributed by atoms with Gasteiger partial charge in [-0.15, -0.1) is 0 Å². The lowest BCUT2D eigenvalue weighted by Gasteiger charge is -2.06. The molecular weight excluding hydrogens is 154 g/mol. The molecule has 12 heavy (non-hydrogen) atoms. The van der Waals surface area contributed by atoms with Crippen LogP contribution in [0.1, 0.15) is 23.9 Å². The van der Waals surface area contributed by atoms with Gasteiger partial charge in [-0.25, -0.2) is 0 Å². The van der Waals surface area contributed by atoms with E-state index in [0.29, 0.717) is 12.1 Å². The van der Waals surface area contributed by atoms with Crippen molar-refractivity contribution in [2.45, 2.75) is 12.5 Å². The smallest absolute Gasteiger partial charge is 0.117 e. The Morgan fingerprint density at radius 1 is 1.67 bits per heavy atom. The third kappa shape index (κ3) is 1.84. The number of nitriles is 1. The molecule has 1 heterocycles. The van der Waals surface area contributed by atoms with Crippen LogP contribution < -0.4 is 5.73 Å². The van der Waals surface area contributed by atoms with Gasteiger partial charge in [0.1, 0.15) is 11.8 Å². The Morgan fingerprint density at radius 2 is 2.42 bits per heavy atom. The number of aliphatic hydroxyl groups excluding tert-OH is 1. The third-order valence-electron chi connectivity index (χ3n) is 1.67. The van der Waals surface area contributed by atoms with Gasteiger partial charge in [-0.3, -0.25) is 0 Å². The lowest BCUT2D eigenvalue weighted by Crippen LogP contribution is -2.12. The summed E-state index contributed by atoms with van der Waals surface area (Å²) in [6.07, 6.45) is 0.505. The van der Waals surface area contributed by atoms with E-state index in [1.165, 1.54) is 0 Å². The molecule has 4 nitrogen and oxygen atoms in total. The SMILES string of the molecule is N#Cc1ccc([C@H](N)CCO)[nH]1. The molecule has 0 amide bonds. The Morgan fingerprint density at radius 3 is 2.92 bits per heavy atom. The van der Waals surface area contributed by atoms with Gasteiger partial charge in [0.2, 0.25) is 0 Å². The number of rotatable bonds is 3. The summed E-state index contributed by atoms with van der Waals surface area (Å²) in [6, 6.07) is 5.20. The average Bonchev–Trinajstić information content (AvgIpc) is 2.52. The number of aliphatic hydroxyl groups is 1. The zero-order valence-electron chi connectivity index (χ0n) is 6.62. The van der Waals surface area contributed by atoms with Crippen LogP contribution in [0.25, 0.3) is 0 Å². The number of aromatic nitrogens is 1. The molecule has 0 unspecified atom stereocenters. The molecule has 0 fully saturated rings. The fourth-order valence-corrected chi connectivity index (χ4v) is 0.988. The maximum atomic E-state index is 8.60. The molecule has 4 N–H and O–H groups in total. The lowest BCUT2D eigenvalue weighted by atomic mass is 10.2. The molecule has 0 spiro atoms. The largest absolute Gasteiger partial charge is 0.396 e. The standard InChI is InChI=1S/C8H11N3O/c9-5-6-1-2-8(11-6)7(10)3-4-12/h1-2,7,11-12H,3-4,10H2/t7-/m1/s1. The van der Waals surface area contributed by atoms with Crippen molar-refractivity contribution in [2.75, 3.05) is 6.61 Å². The molecule has 64 valence electrons. The van der Waals surface area contributed by atoms with Gasteiger partial charge >= 0.3 is 0 Å². The number of hydrogen-bond donors (Lipinski definition) is 3. The molecule has 1 aromatic rings. The van der Waals surface area contributed by atoms with Crippen molar-refractivity contribution in [2.24, 2.45) is 5.73 Å². The van der Waals surface area contributed by atoms with Crippen LogP contribution in [-0.2, 0) is 0 Å². The van der Waals surface area contributed by atoms with Gasteiger partial charge in [-0.05, 0) is 18.6 Å². The third-order valence-corrected chi connectivity index (χ3v) is 1.67. The predicted molar refractivity (Wildman–Crippen MR) is 44.1 cm³/mol. The van der Waals surface area contributed by atoms with Gasteiger partial charge in [-0.2, -0.15) is 5.26 Å². The first-order valence-corrected chi connectivity index (χ1v) is 3.73. The summed E-state index contributed by atoms with van der Waals surface area (Å²) in [7, 11) is 0. The summed E-state index contributed by atoms with van der Waals surface area (Å²) in [6.45, 7) is 0.0576. The summed E-state index contributed by atoms with van der Waals surface area (Å²) in [5.74, 6) is 0. The summed E-state index contributed by atoms with van der Waals surface area (Å²) in [4.78, 5) is 2.85. The first-order chi connectivity index (χ1) is 5.77. The van der Waals surface area contributed by atoms with Gasteiger partial charge < -0.3 is 15.8 Å². The Balaban J connectivity index is 2.69. The zero-order chi connectivity index (χ0) is 8.97. The van der Waals surface area contributed by atoms with Crippen molar-refractivity contribution in [3.63, 3.8) is 0 Å². The lowest BCUT2D eigenvalue weighted by molar-refractivity contribution is 0.276. The number of aromatic amines is 1.